The van der Waals surface area contributed by atoms with E-state index in [0.717, 1.165) is 19.3 Å². The number of hydrogen-bond donors (Lipinski definition) is 0. The van der Waals surface area contributed by atoms with Crippen LogP contribution in [-0.2, 0) is 14.3 Å². The van der Waals surface area contributed by atoms with Crippen molar-refractivity contribution in [2.24, 2.45) is 22.7 Å². The fraction of sp³-hybridized carbons (Fsp3) is 0.892. The maximum atomic E-state index is 13.0. The average molecular weight is 581 g/mol. The minimum atomic E-state index is -0.228. The predicted octanol–water partition coefficient (Wildman–Crippen LogP) is 9.92. The summed E-state index contributed by atoms with van der Waals surface area (Å²) in [7, 11) is 0. The van der Waals surface area contributed by atoms with Gasteiger partial charge in [0.25, 0.3) is 0 Å². The fourth-order valence-corrected chi connectivity index (χ4v) is 9.34. The lowest BCUT2D eigenvalue weighted by atomic mass is 9.48. The Bertz CT molecular complexity index is 864. The highest BCUT2D eigenvalue weighted by Crippen LogP contribution is 2.63. The summed E-state index contributed by atoms with van der Waals surface area (Å²) >= 11 is 0. The molecule has 41 heavy (non-hydrogen) atoms. The number of carbonyl (C=O) groups is 2. The molecule has 3 saturated carbocycles. The molecule has 4 aliphatic rings. The van der Waals surface area contributed by atoms with E-state index in [1.165, 1.54) is 122 Å². The molecular formula is C37H64MgO3. The Morgan fingerprint density at radius 1 is 0.780 bits per heavy atom. The first kappa shape index (κ1) is 35.1. The van der Waals surface area contributed by atoms with Gasteiger partial charge in [-0.3, -0.25) is 9.59 Å². The smallest absolute Gasteiger partial charge is 0.316 e. The Hall–Kier alpha value is -0.354. The van der Waals surface area contributed by atoms with Crippen LogP contribution in [0.15, 0.2) is 11.1 Å². The first-order valence-electron chi connectivity index (χ1n) is 17.8. The highest BCUT2D eigenvalue weighted by Gasteiger charge is 2.58. The third-order valence-corrected chi connectivity index (χ3v) is 11.9. The zero-order valence-electron chi connectivity index (χ0n) is 26.6. The van der Waals surface area contributed by atoms with Gasteiger partial charge in [-0.1, -0.05) is 122 Å². The van der Waals surface area contributed by atoms with E-state index in [-0.39, 0.29) is 40.5 Å². The molecule has 3 nitrogen and oxygen atoms in total. The van der Waals surface area contributed by atoms with Crippen LogP contribution in [0.4, 0.5) is 0 Å². The van der Waals surface area contributed by atoms with Gasteiger partial charge in [-0.2, -0.15) is 0 Å². The molecule has 4 heteroatoms. The van der Waals surface area contributed by atoms with Crippen molar-refractivity contribution < 1.29 is 14.3 Å². The van der Waals surface area contributed by atoms with E-state index in [2.05, 4.69) is 20.8 Å². The summed E-state index contributed by atoms with van der Waals surface area (Å²) in [5.74, 6) is 1.13. The number of rotatable bonds is 17. The molecule has 0 heterocycles. The van der Waals surface area contributed by atoms with E-state index >= 15 is 0 Å². The Kier molecular flexibility index (Phi) is 14.8. The molecule has 0 aromatic rings. The zero-order valence-corrected chi connectivity index (χ0v) is 26.6. The number of esters is 1. The molecule has 0 aromatic heterocycles. The van der Waals surface area contributed by atoms with Gasteiger partial charge in [0, 0.05) is 24.7 Å². The van der Waals surface area contributed by atoms with Crippen molar-refractivity contribution in [1.82, 2.24) is 0 Å². The lowest BCUT2D eigenvalue weighted by Gasteiger charge is -2.57. The lowest BCUT2D eigenvalue weighted by molar-refractivity contribution is -0.173. The Morgan fingerprint density at radius 3 is 1.98 bits per heavy atom. The molecule has 0 aromatic carbocycles. The predicted molar refractivity (Wildman–Crippen MR) is 175 cm³/mol. The molecule has 0 radical (unpaired) electrons. The van der Waals surface area contributed by atoms with Crippen molar-refractivity contribution >= 4 is 34.8 Å². The first-order valence-corrected chi connectivity index (χ1v) is 17.8. The van der Waals surface area contributed by atoms with Crippen LogP contribution >= 0.6 is 0 Å². The van der Waals surface area contributed by atoms with Gasteiger partial charge in [0.1, 0.15) is 11.9 Å². The monoisotopic (exact) mass is 580 g/mol. The third kappa shape index (κ3) is 9.08. The number of ketones is 1. The fourth-order valence-electron chi connectivity index (χ4n) is 9.34. The average Bonchev–Trinajstić information content (AvgIpc) is 3.33. The highest BCUT2D eigenvalue weighted by molar-refractivity contribution is 5.81. The van der Waals surface area contributed by atoms with Crippen molar-refractivity contribution in [1.29, 1.82) is 0 Å². The number of unbranched alkanes of at least 4 members (excludes halogenated alkanes) is 14. The van der Waals surface area contributed by atoms with E-state index in [1.807, 2.05) is 0 Å². The van der Waals surface area contributed by atoms with Gasteiger partial charge >= 0.3 is 29.0 Å². The molecule has 0 N–H and O–H groups in total. The van der Waals surface area contributed by atoms with E-state index in [4.69, 9.17) is 4.74 Å². The lowest BCUT2D eigenvalue weighted by Crippen LogP contribution is -2.55. The zero-order chi connectivity index (χ0) is 28.4. The largest absolute Gasteiger partial charge is 0.461 e. The van der Waals surface area contributed by atoms with Crippen LogP contribution in [0.1, 0.15) is 181 Å². The van der Waals surface area contributed by atoms with Crippen molar-refractivity contribution in [2.45, 2.75) is 187 Å². The summed E-state index contributed by atoms with van der Waals surface area (Å²) in [6, 6.07) is 0. The second-order valence-corrected chi connectivity index (χ2v) is 14.7. The van der Waals surface area contributed by atoms with Gasteiger partial charge in [0.05, 0.1) is 0 Å². The molecule has 0 saturated heterocycles. The molecule has 4 rings (SSSR count). The van der Waals surface area contributed by atoms with E-state index < -0.39 is 0 Å². The molecule has 4 aliphatic carbocycles. The number of ether oxygens (including phenoxy) is 1. The quantitative estimate of drug-likeness (QED) is 0.0744. The van der Waals surface area contributed by atoms with Crippen LogP contribution in [0.2, 0.25) is 0 Å². The van der Waals surface area contributed by atoms with Crippen molar-refractivity contribution in [2.75, 3.05) is 0 Å². The van der Waals surface area contributed by atoms with Crippen LogP contribution in [0.5, 0.6) is 0 Å². The van der Waals surface area contributed by atoms with Crippen molar-refractivity contribution in [3.8, 4) is 0 Å². The molecule has 3 fully saturated rings. The Morgan fingerprint density at radius 2 is 1.37 bits per heavy atom. The maximum Gasteiger partial charge on any atom is 0.316 e. The minimum absolute atomic E-state index is 0. The van der Waals surface area contributed by atoms with E-state index in [9.17, 15) is 9.59 Å². The van der Waals surface area contributed by atoms with Gasteiger partial charge in [-0.25, -0.2) is 0 Å². The Labute approximate surface area is 269 Å². The first-order chi connectivity index (χ1) is 19.4. The summed E-state index contributed by atoms with van der Waals surface area (Å²) in [5.41, 5.74) is 3.81. The molecule has 232 valence electrons. The standard InChI is InChI=1S/C37H62O3.Mg.2H/c1-4-5-6-7-8-9-10-11-12-13-14-15-16-17-18-21-35(39)40-34-28-30(38)27-29-22-23-31-32-20-19-25-36(32,2)26-24-33(31)37(29,34)3;;;/h29,33-34H,4-28H2,1-3H3;;;/t29?,33-,34?,36+,37+;;;/m1.../s1. The number of allylic oxidation sites excluding steroid dienone is 2. The topological polar surface area (TPSA) is 43.4 Å². The summed E-state index contributed by atoms with van der Waals surface area (Å²) < 4.78 is 6.26. The molecule has 2 unspecified atom stereocenters. The Balaban J connectivity index is 0.00000462. The number of carbonyl (C=O) groups excluding carboxylic acids is 2. The highest BCUT2D eigenvalue weighted by atomic mass is 24.3. The molecule has 0 spiro atoms. The minimum Gasteiger partial charge on any atom is -0.461 e. The molecule has 5 atom stereocenters. The number of hydrogen-bond acceptors (Lipinski definition) is 3. The van der Waals surface area contributed by atoms with Crippen molar-refractivity contribution in [3.05, 3.63) is 11.1 Å². The second kappa shape index (κ2) is 17.2. The summed E-state index contributed by atoms with van der Waals surface area (Å²) in [5, 5.41) is 0. The number of Topliss-reactive ketones (excluding diaryl/α,β-unsaturated/α-hetero) is 1. The number of fused-ring (bicyclic) bond motifs is 4. The van der Waals surface area contributed by atoms with Gasteiger partial charge in [-0.15, -0.1) is 0 Å². The summed E-state index contributed by atoms with van der Waals surface area (Å²) in [6.45, 7) is 7.16. The molecule has 0 aliphatic heterocycles. The SMILES string of the molecule is CCCCCCCCCCCCCCCCCC(=O)OC1CC(=O)CC2CCC3=C4CCC[C@@]4(C)CC[C@H]3[C@]21C.[MgH2]. The summed E-state index contributed by atoms with van der Waals surface area (Å²) in [6.07, 6.45) is 30.0. The third-order valence-electron chi connectivity index (χ3n) is 11.9. The van der Waals surface area contributed by atoms with Crippen LogP contribution in [0.3, 0.4) is 0 Å². The maximum absolute atomic E-state index is 13.0. The van der Waals surface area contributed by atoms with Gasteiger partial charge in [0.15, 0.2) is 0 Å². The van der Waals surface area contributed by atoms with E-state index in [1.54, 1.807) is 11.1 Å². The summed E-state index contributed by atoms with van der Waals surface area (Å²) in [4.78, 5) is 25.8. The second-order valence-electron chi connectivity index (χ2n) is 14.7. The molecule has 0 amide bonds. The normalized spacial score (nSPS) is 30.8. The van der Waals surface area contributed by atoms with Crippen LogP contribution in [0, 0.1) is 22.7 Å². The molecule has 0 bridgehead atoms. The van der Waals surface area contributed by atoms with Crippen molar-refractivity contribution in [3.63, 3.8) is 0 Å². The van der Waals surface area contributed by atoms with Crippen LogP contribution in [-0.4, -0.2) is 40.9 Å². The van der Waals surface area contributed by atoms with E-state index in [0.29, 0.717) is 42.3 Å². The van der Waals surface area contributed by atoms with Gasteiger partial charge in [0.2, 0.25) is 0 Å². The van der Waals surface area contributed by atoms with Gasteiger partial charge in [-0.05, 0) is 68.6 Å². The van der Waals surface area contributed by atoms with Crippen LogP contribution in [0.25, 0.3) is 0 Å². The van der Waals surface area contributed by atoms with Gasteiger partial charge < -0.3 is 4.74 Å². The molecular weight excluding hydrogens is 517 g/mol. The van der Waals surface area contributed by atoms with Crippen LogP contribution < -0.4 is 0 Å².